The molecule has 0 aliphatic rings. The van der Waals surface area contributed by atoms with Crippen LogP contribution in [0.15, 0.2) is 48.5 Å². The van der Waals surface area contributed by atoms with E-state index < -0.39 is 0 Å². The smallest absolute Gasteiger partial charge is 0.211 e. The maximum absolute atomic E-state index is 10.3. The number of aryl methyl sites for hydroxylation is 1. The Hall–Kier alpha value is -2.00. The van der Waals surface area contributed by atoms with E-state index in [1.807, 2.05) is 48.5 Å². The lowest BCUT2D eigenvalue weighted by Gasteiger charge is -2.07. The highest BCUT2D eigenvalue weighted by Crippen LogP contribution is 2.17. The van der Waals surface area contributed by atoms with Crippen LogP contribution in [0.25, 0.3) is 0 Å². The van der Waals surface area contributed by atoms with E-state index in [-0.39, 0.29) is 0 Å². The van der Waals surface area contributed by atoms with Crippen LogP contribution in [-0.2, 0) is 11.2 Å². The fourth-order valence-electron chi connectivity index (χ4n) is 2.19. The Morgan fingerprint density at radius 3 is 2.59 bits per heavy atom. The number of carbonyl (C=O) groups is 1. The SMILES string of the molecule is O=CNc1ccc(CCCCCOc2cccc(Cl)c2)cc1. The predicted octanol–water partition coefficient (Wildman–Crippen LogP) is 4.70. The van der Waals surface area contributed by atoms with Gasteiger partial charge < -0.3 is 10.1 Å². The fraction of sp³-hybridized carbons (Fsp3) is 0.278. The Morgan fingerprint density at radius 2 is 1.86 bits per heavy atom. The zero-order chi connectivity index (χ0) is 15.6. The van der Waals surface area contributed by atoms with Crippen LogP contribution in [0, 0.1) is 0 Å². The summed E-state index contributed by atoms with van der Waals surface area (Å²) in [6.45, 7) is 0.711. The summed E-state index contributed by atoms with van der Waals surface area (Å²) in [5.74, 6) is 0.825. The number of hydrogen-bond donors (Lipinski definition) is 1. The van der Waals surface area contributed by atoms with Crippen molar-refractivity contribution < 1.29 is 9.53 Å². The molecule has 22 heavy (non-hydrogen) atoms. The monoisotopic (exact) mass is 317 g/mol. The molecule has 0 aliphatic heterocycles. The van der Waals surface area contributed by atoms with Crippen LogP contribution < -0.4 is 10.1 Å². The molecule has 0 bridgehead atoms. The summed E-state index contributed by atoms with van der Waals surface area (Å²) in [7, 11) is 0. The highest BCUT2D eigenvalue weighted by atomic mass is 35.5. The Balaban J connectivity index is 1.60. The lowest BCUT2D eigenvalue weighted by Crippen LogP contribution is -1.98. The van der Waals surface area contributed by atoms with Crippen molar-refractivity contribution in [3.8, 4) is 5.75 Å². The third-order valence-electron chi connectivity index (χ3n) is 3.35. The zero-order valence-electron chi connectivity index (χ0n) is 12.4. The van der Waals surface area contributed by atoms with Crippen LogP contribution in [0.3, 0.4) is 0 Å². The molecule has 0 radical (unpaired) electrons. The van der Waals surface area contributed by atoms with Gasteiger partial charge in [-0.25, -0.2) is 0 Å². The van der Waals surface area contributed by atoms with Crippen LogP contribution in [0.2, 0.25) is 5.02 Å². The van der Waals surface area contributed by atoms with E-state index in [0.717, 1.165) is 37.1 Å². The minimum absolute atomic E-state index is 0.689. The number of ether oxygens (including phenoxy) is 1. The number of halogens is 1. The quantitative estimate of drug-likeness (QED) is 0.537. The first kappa shape index (κ1) is 16.4. The second-order valence-electron chi connectivity index (χ2n) is 5.08. The number of hydrogen-bond acceptors (Lipinski definition) is 2. The van der Waals surface area contributed by atoms with Crippen molar-refractivity contribution >= 4 is 23.7 Å². The Morgan fingerprint density at radius 1 is 1.05 bits per heavy atom. The number of carbonyl (C=O) groups excluding carboxylic acids is 1. The molecule has 2 aromatic carbocycles. The molecule has 0 unspecified atom stereocenters. The van der Waals surface area contributed by atoms with E-state index in [9.17, 15) is 4.79 Å². The van der Waals surface area contributed by atoms with E-state index >= 15 is 0 Å². The van der Waals surface area contributed by atoms with E-state index in [2.05, 4.69) is 5.32 Å². The maximum atomic E-state index is 10.3. The summed E-state index contributed by atoms with van der Waals surface area (Å²) in [5, 5.41) is 3.33. The number of unbranched alkanes of at least 4 members (excludes halogenated alkanes) is 2. The molecule has 3 nitrogen and oxygen atoms in total. The number of nitrogens with one attached hydrogen (secondary N) is 1. The molecule has 0 heterocycles. The molecule has 1 amide bonds. The number of rotatable bonds is 9. The van der Waals surface area contributed by atoms with Crippen molar-refractivity contribution in [3.05, 3.63) is 59.1 Å². The third-order valence-corrected chi connectivity index (χ3v) is 3.59. The summed E-state index contributed by atoms with van der Waals surface area (Å²) >= 11 is 5.90. The number of benzene rings is 2. The van der Waals surface area contributed by atoms with Crippen molar-refractivity contribution in [1.29, 1.82) is 0 Å². The van der Waals surface area contributed by atoms with Crippen LogP contribution in [-0.4, -0.2) is 13.0 Å². The van der Waals surface area contributed by atoms with Gasteiger partial charge in [0.1, 0.15) is 5.75 Å². The lowest BCUT2D eigenvalue weighted by atomic mass is 10.1. The molecule has 2 rings (SSSR count). The number of anilines is 1. The highest BCUT2D eigenvalue weighted by molar-refractivity contribution is 6.30. The maximum Gasteiger partial charge on any atom is 0.211 e. The van der Waals surface area contributed by atoms with Crippen LogP contribution in [0.1, 0.15) is 24.8 Å². The van der Waals surface area contributed by atoms with E-state index in [1.165, 1.54) is 5.56 Å². The molecule has 0 spiro atoms. The van der Waals surface area contributed by atoms with Gasteiger partial charge in [0.25, 0.3) is 0 Å². The summed E-state index contributed by atoms with van der Waals surface area (Å²) in [4.78, 5) is 10.3. The lowest BCUT2D eigenvalue weighted by molar-refractivity contribution is -0.105. The standard InChI is InChI=1S/C18H20ClNO2/c19-16-6-4-7-18(13-16)22-12-3-1-2-5-15-8-10-17(11-9-15)20-14-21/h4,6-11,13-14H,1-3,5,12H2,(H,20,21). The van der Waals surface area contributed by atoms with E-state index in [1.54, 1.807) is 0 Å². The van der Waals surface area contributed by atoms with Crippen molar-refractivity contribution in [1.82, 2.24) is 0 Å². The van der Waals surface area contributed by atoms with Gasteiger partial charge in [-0.05, 0) is 61.6 Å². The first-order valence-corrected chi connectivity index (χ1v) is 7.83. The topological polar surface area (TPSA) is 38.3 Å². The second-order valence-corrected chi connectivity index (χ2v) is 5.51. The van der Waals surface area contributed by atoms with Gasteiger partial charge in [-0.1, -0.05) is 29.8 Å². The molecule has 0 fully saturated rings. The van der Waals surface area contributed by atoms with Gasteiger partial charge in [0.15, 0.2) is 0 Å². The van der Waals surface area contributed by atoms with Gasteiger partial charge in [0.05, 0.1) is 6.61 Å². The predicted molar refractivity (Wildman–Crippen MR) is 90.6 cm³/mol. The van der Waals surface area contributed by atoms with Crippen LogP contribution >= 0.6 is 11.6 Å². The highest BCUT2D eigenvalue weighted by Gasteiger charge is 1.97. The molecule has 0 aromatic heterocycles. The van der Waals surface area contributed by atoms with Crippen LogP contribution in [0.4, 0.5) is 5.69 Å². The Kier molecular flexibility index (Phi) is 6.78. The van der Waals surface area contributed by atoms with Gasteiger partial charge in [-0.15, -0.1) is 0 Å². The zero-order valence-corrected chi connectivity index (χ0v) is 13.2. The molecule has 1 N–H and O–H groups in total. The van der Waals surface area contributed by atoms with E-state index in [0.29, 0.717) is 18.0 Å². The molecule has 0 aliphatic carbocycles. The molecule has 0 atom stereocenters. The van der Waals surface area contributed by atoms with Crippen LogP contribution in [0.5, 0.6) is 5.75 Å². The average molecular weight is 318 g/mol. The molecule has 2 aromatic rings. The minimum Gasteiger partial charge on any atom is -0.494 e. The third kappa shape index (κ3) is 5.78. The van der Waals surface area contributed by atoms with Gasteiger partial charge in [0, 0.05) is 10.7 Å². The molecule has 4 heteroatoms. The Labute approximate surface area is 136 Å². The summed E-state index contributed by atoms with van der Waals surface area (Å²) in [6, 6.07) is 15.4. The van der Waals surface area contributed by atoms with Crippen molar-refractivity contribution in [2.75, 3.05) is 11.9 Å². The summed E-state index contributed by atoms with van der Waals surface area (Å²) < 4.78 is 5.66. The van der Waals surface area contributed by atoms with Gasteiger partial charge in [0.2, 0.25) is 6.41 Å². The molecular weight excluding hydrogens is 298 g/mol. The summed E-state index contributed by atoms with van der Waals surface area (Å²) in [5.41, 5.74) is 2.11. The van der Waals surface area contributed by atoms with Gasteiger partial charge >= 0.3 is 0 Å². The normalized spacial score (nSPS) is 10.2. The van der Waals surface area contributed by atoms with Crippen molar-refractivity contribution in [2.45, 2.75) is 25.7 Å². The fourth-order valence-corrected chi connectivity index (χ4v) is 2.37. The van der Waals surface area contributed by atoms with Crippen molar-refractivity contribution in [3.63, 3.8) is 0 Å². The molecule has 116 valence electrons. The first-order valence-electron chi connectivity index (χ1n) is 7.45. The molecule has 0 saturated carbocycles. The largest absolute Gasteiger partial charge is 0.494 e. The minimum atomic E-state index is 0.689. The number of amides is 1. The van der Waals surface area contributed by atoms with Crippen molar-refractivity contribution in [2.24, 2.45) is 0 Å². The Bertz CT molecular complexity index is 584. The van der Waals surface area contributed by atoms with Gasteiger partial charge in [-0.3, -0.25) is 4.79 Å². The molecular formula is C18H20ClNO2. The van der Waals surface area contributed by atoms with E-state index in [4.69, 9.17) is 16.3 Å². The second kappa shape index (κ2) is 9.11. The summed E-state index contributed by atoms with van der Waals surface area (Å²) in [6.07, 6.45) is 5.00. The van der Waals surface area contributed by atoms with Gasteiger partial charge in [-0.2, -0.15) is 0 Å². The first-order chi connectivity index (χ1) is 10.8. The molecule has 0 saturated heterocycles. The average Bonchev–Trinajstić information content (AvgIpc) is 2.53.